The van der Waals surface area contributed by atoms with Gasteiger partial charge in [0.1, 0.15) is 12.4 Å². The van der Waals surface area contributed by atoms with Gasteiger partial charge in [-0.05, 0) is 62.5 Å². The fourth-order valence-electron chi connectivity index (χ4n) is 3.07. The molecule has 154 valence electrons. The molecule has 28 heavy (non-hydrogen) atoms. The summed E-state index contributed by atoms with van der Waals surface area (Å²) in [5.41, 5.74) is 1.66. The van der Waals surface area contributed by atoms with Gasteiger partial charge in [0.15, 0.2) is 0 Å². The molecule has 2 N–H and O–H groups in total. The summed E-state index contributed by atoms with van der Waals surface area (Å²) in [5.74, 6) is 1.26. The van der Waals surface area contributed by atoms with E-state index in [1.54, 1.807) is 24.5 Å². The molecule has 1 saturated heterocycles. The highest BCUT2D eigenvalue weighted by molar-refractivity contribution is 6.32. The molecule has 0 radical (unpaired) electrons. The number of anilines is 1. The molecule has 0 spiro atoms. The summed E-state index contributed by atoms with van der Waals surface area (Å²) in [4.78, 5) is 16.2. The van der Waals surface area contributed by atoms with Crippen molar-refractivity contribution in [1.29, 1.82) is 0 Å². The van der Waals surface area contributed by atoms with E-state index in [1.165, 1.54) is 0 Å². The normalized spacial score (nSPS) is 13.8. The molecule has 0 unspecified atom stereocenters. The molecule has 1 fully saturated rings. The van der Waals surface area contributed by atoms with Crippen molar-refractivity contribution in [2.75, 3.05) is 18.4 Å². The number of piperidine rings is 1. The minimum absolute atomic E-state index is 0. The molecule has 0 atom stereocenters. The number of pyridine rings is 1. The minimum Gasteiger partial charge on any atom is -0.487 e. The third kappa shape index (κ3) is 7.84. The van der Waals surface area contributed by atoms with E-state index in [4.69, 9.17) is 16.3 Å². The van der Waals surface area contributed by atoms with Gasteiger partial charge in [0.2, 0.25) is 5.91 Å². The van der Waals surface area contributed by atoms with E-state index in [1.807, 2.05) is 18.2 Å². The molecule has 3 rings (SSSR count). The van der Waals surface area contributed by atoms with E-state index in [2.05, 4.69) is 15.6 Å². The van der Waals surface area contributed by atoms with E-state index in [9.17, 15) is 4.79 Å². The van der Waals surface area contributed by atoms with Gasteiger partial charge in [0.25, 0.3) is 0 Å². The number of nitrogens with zero attached hydrogens (tertiary/aromatic N) is 1. The van der Waals surface area contributed by atoms with E-state index in [0.29, 0.717) is 35.4 Å². The van der Waals surface area contributed by atoms with Gasteiger partial charge in [-0.1, -0.05) is 17.7 Å². The first-order chi connectivity index (χ1) is 12.7. The van der Waals surface area contributed by atoms with Gasteiger partial charge in [-0.15, -0.1) is 24.8 Å². The number of carbonyl (C=O) groups is 1. The lowest BCUT2D eigenvalue weighted by Crippen LogP contribution is -2.28. The molecule has 2 aromatic rings. The second-order valence-electron chi connectivity index (χ2n) is 6.58. The van der Waals surface area contributed by atoms with Crippen LogP contribution in [0.1, 0.15) is 31.2 Å². The molecule has 5 nitrogen and oxygen atoms in total. The second-order valence-corrected chi connectivity index (χ2v) is 6.98. The smallest absolute Gasteiger partial charge is 0.224 e. The van der Waals surface area contributed by atoms with Crippen molar-refractivity contribution < 1.29 is 9.53 Å². The van der Waals surface area contributed by atoms with Crippen LogP contribution in [0.3, 0.4) is 0 Å². The first-order valence-electron chi connectivity index (χ1n) is 9.02. The van der Waals surface area contributed by atoms with Crippen molar-refractivity contribution in [3.05, 3.63) is 53.3 Å². The Balaban J connectivity index is 0.00000196. The lowest BCUT2D eigenvalue weighted by atomic mass is 9.93. The van der Waals surface area contributed by atoms with Crippen LogP contribution in [0.25, 0.3) is 0 Å². The van der Waals surface area contributed by atoms with Crippen LogP contribution < -0.4 is 15.4 Å². The minimum atomic E-state index is 0. The van der Waals surface area contributed by atoms with E-state index in [-0.39, 0.29) is 30.7 Å². The van der Waals surface area contributed by atoms with Crippen molar-refractivity contribution in [2.45, 2.75) is 32.3 Å². The number of hydrogen-bond acceptors (Lipinski definition) is 4. The number of carbonyl (C=O) groups excluding carboxylic acids is 1. The van der Waals surface area contributed by atoms with Crippen LogP contribution in [0.5, 0.6) is 5.75 Å². The van der Waals surface area contributed by atoms with Crippen LogP contribution in [-0.2, 0) is 11.4 Å². The molecule has 0 aliphatic carbocycles. The van der Waals surface area contributed by atoms with Gasteiger partial charge in [-0.2, -0.15) is 0 Å². The number of rotatable bonds is 7. The summed E-state index contributed by atoms with van der Waals surface area (Å²) in [6.07, 6.45) is 7.27. The SMILES string of the molecule is Cl.Cl.O=C(CCC1CCNCC1)Nc1ccc(OCc2cccnc2)c(Cl)c1. The molecule has 1 aromatic carbocycles. The standard InChI is InChI=1S/C20H24ClN3O2.2ClH/c21-18-12-17(24-20(25)6-3-15-7-10-22-11-8-15)4-5-19(18)26-14-16-2-1-9-23-13-16;;/h1-2,4-5,9,12-13,15,22H,3,6-8,10-11,14H2,(H,24,25);2*1H. The van der Waals surface area contributed by atoms with Crippen LogP contribution in [0.4, 0.5) is 5.69 Å². The maximum atomic E-state index is 12.2. The lowest BCUT2D eigenvalue weighted by molar-refractivity contribution is -0.116. The van der Waals surface area contributed by atoms with Crippen LogP contribution >= 0.6 is 36.4 Å². The van der Waals surface area contributed by atoms with Crippen molar-refractivity contribution in [2.24, 2.45) is 5.92 Å². The first kappa shape index (κ1) is 24.5. The highest BCUT2D eigenvalue weighted by atomic mass is 35.5. The topological polar surface area (TPSA) is 63.2 Å². The number of halogens is 3. The number of nitrogens with one attached hydrogen (secondary N) is 2. The molecular formula is C20H26Cl3N3O2. The number of ether oxygens (including phenoxy) is 1. The Morgan fingerprint density at radius 2 is 2.04 bits per heavy atom. The molecule has 1 aliphatic rings. The Hall–Kier alpha value is -1.53. The molecule has 0 bridgehead atoms. The Labute approximate surface area is 183 Å². The van der Waals surface area contributed by atoms with Crippen molar-refractivity contribution in [3.8, 4) is 5.75 Å². The Morgan fingerprint density at radius 3 is 2.71 bits per heavy atom. The predicted molar refractivity (Wildman–Crippen MR) is 118 cm³/mol. The summed E-state index contributed by atoms with van der Waals surface area (Å²) >= 11 is 6.28. The number of amides is 1. The Morgan fingerprint density at radius 1 is 1.25 bits per heavy atom. The predicted octanol–water partition coefficient (Wildman–Crippen LogP) is 4.88. The quantitative estimate of drug-likeness (QED) is 0.636. The summed E-state index contributed by atoms with van der Waals surface area (Å²) in [5, 5.41) is 6.74. The Bertz CT molecular complexity index is 726. The number of benzene rings is 1. The molecule has 2 heterocycles. The maximum Gasteiger partial charge on any atom is 0.224 e. The van der Waals surface area contributed by atoms with Gasteiger partial charge in [0.05, 0.1) is 5.02 Å². The van der Waals surface area contributed by atoms with Gasteiger partial charge in [0, 0.05) is 30.1 Å². The van der Waals surface area contributed by atoms with Gasteiger partial charge < -0.3 is 15.4 Å². The highest BCUT2D eigenvalue weighted by Crippen LogP contribution is 2.28. The first-order valence-corrected chi connectivity index (χ1v) is 9.40. The molecule has 8 heteroatoms. The Kier molecular flexibility index (Phi) is 11.2. The maximum absolute atomic E-state index is 12.2. The van der Waals surface area contributed by atoms with E-state index in [0.717, 1.165) is 37.9 Å². The zero-order chi connectivity index (χ0) is 18.2. The van der Waals surface area contributed by atoms with Gasteiger partial charge >= 0.3 is 0 Å². The number of aromatic nitrogens is 1. The fraction of sp³-hybridized carbons (Fsp3) is 0.400. The monoisotopic (exact) mass is 445 g/mol. The van der Waals surface area contributed by atoms with Crippen molar-refractivity contribution >= 4 is 48.0 Å². The van der Waals surface area contributed by atoms with Crippen molar-refractivity contribution in [1.82, 2.24) is 10.3 Å². The summed E-state index contributed by atoms with van der Waals surface area (Å²) in [6.45, 7) is 2.51. The molecule has 1 amide bonds. The fourth-order valence-corrected chi connectivity index (χ4v) is 3.30. The third-order valence-corrected chi connectivity index (χ3v) is 4.87. The van der Waals surface area contributed by atoms with Crippen LogP contribution in [0.15, 0.2) is 42.7 Å². The molecular weight excluding hydrogens is 421 g/mol. The molecule has 0 saturated carbocycles. The van der Waals surface area contributed by atoms with Gasteiger partial charge in [-0.3, -0.25) is 9.78 Å². The van der Waals surface area contributed by atoms with Crippen molar-refractivity contribution in [3.63, 3.8) is 0 Å². The largest absolute Gasteiger partial charge is 0.487 e. The third-order valence-electron chi connectivity index (χ3n) is 4.57. The zero-order valence-electron chi connectivity index (χ0n) is 15.5. The van der Waals surface area contributed by atoms with Gasteiger partial charge in [-0.25, -0.2) is 0 Å². The average molecular weight is 447 g/mol. The molecule has 1 aliphatic heterocycles. The highest BCUT2D eigenvalue weighted by Gasteiger charge is 2.15. The summed E-state index contributed by atoms with van der Waals surface area (Å²) in [7, 11) is 0. The van der Waals surface area contributed by atoms with Crippen LogP contribution in [0.2, 0.25) is 5.02 Å². The van der Waals surface area contributed by atoms with Crippen LogP contribution in [0, 0.1) is 5.92 Å². The second kappa shape index (κ2) is 12.8. The summed E-state index contributed by atoms with van der Waals surface area (Å²) < 4.78 is 5.72. The summed E-state index contributed by atoms with van der Waals surface area (Å²) in [6, 6.07) is 9.12. The van der Waals surface area contributed by atoms with E-state index < -0.39 is 0 Å². The average Bonchev–Trinajstić information content (AvgIpc) is 2.67. The molecule has 1 aromatic heterocycles. The zero-order valence-corrected chi connectivity index (χ0v) is 17.9. The van der Waals surface area contributed by atoms with E-state index >= 15 is 0 Å². The van der Waals surface area contributed by atoms with Crippen LogP contribution in [-0.4, -0.2) is 24.0 Å². The lowest BCUT2D eigenvalue weighted by Gasteiger charge is -2.22. The number of hydrogen-bond donors (Lipinski definition) is 2.